The molecule has 1 heterocycles. The summed E-state index contributed by atoms with van der Waals surface area (Å²) in [6.45, 7) is 10.8. The summed E-state index contributed by atoms with van der Waals surface area (Å²) >= 11 is 0. The second-order valence-electron chi connectivity index (χ2n) is 5.74. The fourth-order valence-corrected chi connectivity index (χ4v) is 1.84. The zero-order valence-electron chi connectivity index (χ0n) is 11.8. The zero-order chi connectivity index (χ0) is 12.9. The molecule has 0 amide bonds. The molecule has 0 saturated heterocycles. The van der Waals surface area contributed by atoms with Gasteiger partial charge in [0.25, 0.3) is 0 Å². The smallest absolute Gasteiger partial charge is 0.0947 e. The minimum Gasteiger partial charge on any atom is -0.472 e. The number of nitrogens with zero attached hydrogens (tertiary/aromatic N) is 1. The van der Waals surface area contributed by atoms with Crippen LogP contribution in [0, 0.1) is 0 Å². The lowest BCUT2D eigenvalue weighted by atomic mass is 10.1. The first-order valence-corrected chi connectivity index (χ1v) is 6.38. The molecule has 0 bridgehead atoms. The Morgan fingerprint density at radius 2 is 2.12 bits per heavy atom. The lowest BCUT2D eigenvalue weighted by Gasteiger charge is -2.30. The van der Waals surface area contributed by atoms with E-state index in [4.69, 9.17) is 4.42 Å². The highest BCUT2D eigenvalue weighted by molar-refractivity contribution is 5.05. The van der Waals surface area contributed by atoms with Gasteiger partial charge in [-0.1, -0.05) is 6.92 Å². The van der Waals surface area contributed by atoms with Crippen molar-refractivity contribution in [1.82, 2.24) is 10.2 Å². The number of likely N-dealkylation sites (N-methyl/N-ethyl adjacent to an activating group) is 1. The fraction of sp³-hybridized carbons (Fsp3) is 0.714. The van der Waals surface area contributed by atoms with Gasteiger partial charge < -0.3 is 9.73 Å². The summed E-state index contributed by atoms with van der Waals surface area (Å²) in [6, 6.07) is 2.59. The van der Waals surface area contributed by atoms with Crippen LogP contribution in [0.25, 0.3) is 0 Å². The van der Waals surface area contributed by atoms with Crippen LogP contribution >= 0.6 is 0 Å². The van der Waals surface area contributed by atoms with E-state index in [1.165, 1.54) is 5.56 Å². The van der Waals surface area contributed by atoms with Crippen molar-refractivity contribution >= 4 is 0 Å². The molecule has 0 fully saturated rings. The van der Waals surface area contributed by atoms with E-state index in [0.717, 1.165) is 19.5 Å². The van der Waals surface area contributed by atoms with Crippen LogP contribution in [0.2, 0.25) is 0 Å². The molecular weight excluding hydrogens is 212 g/mol. The maximum Gasteiger partial charge on any atom is 0.0947 e. The first-order valence-electron chi connectivity index (χ1n) is 6.38. The number of hydrogen-bond donors (Lipinski definition) is 1. The van der Waals surface area contributed by atoms with Crippen molar-refractivity contribution in [3.05, 3.63) is 24.2 Å². The molecule has 0 saturated carbocycles. The lowest BCUT2D eigenvalue weighted by Crippen LogP contribution is -2.46. The zero-order valence-corrected chi connectivity index (χ0v) is 11.8. The van der Waals surface area contributed by atoms with Gasteiger partial charge >= 0.3 is 0 Å². The first kappa shape index (κ1) is 14.3. The predicted molar refractivity (Wildman–Crippen MR) is 72.0 cm³/mol. The average Bonchev–Trinajstić information content (AvgIpc) is 2.69. The standard InChI is InChI=1S/C14H26N2O/c1-6-13(9-15-14(2,3)4)16(5)10-12-7-8-17-11-12/h7-8,11,13,15H,6,9-10H2,1-5H3. The Morgan fingerprint density at radius 1 is 1.41 bits per heavy atom. The Bertz CT molecular complexity index is 301. The van der Waals surface area contributed by atoms with Gasteiger partial charge in [0.15, 0.2) is 0 Å². The number of hydrogen-bond acceptors (Lipinski definition) is 3. The van der Waals surface area contributed by atoms with Crippen LogP contribution in [-0.4, -0.2) is 30.1 Å². The maximum absolute atomic E-state index is 5.10. The quantitative estimate of drug-likeness (QED) is 0.826. The normalized spacial score (nSPS) is 14.2. The van der Waals surface area contributed by atoms with E-state index in [0.29, 0.717) is 6.04 Å². The second-order valence-corrected chi connectivity index (χ2v) is 5.74. The van der Waals surface area contributed by atoms with Crippen LogP contribution < -0.4 is 5.32 Å². The van der Waals surface area contributed by atoms with Gasteiger partial charge in [0.1, 0.15) is 0 Å². The number of rotatable bonds is 6. The third-order valence-corrected chi connectivity index (χ3v) is 2.97. The minimum absolute atomic E-state index is 0.184. The maximum atomic E-state index is 5.10. The largest absolute Gasteiger partial charge is 0.472 e. The van der Waals surface area contributed by atoms with Gasteiger partial charge in [-0.2, -0.15) is 0 Å². The summed E-state index contributed by atoms with van der Waals surface area (Å²) in [6.07, 6.45) is 4.70. The number of furan rings is 1. The van der Waals surface area contributed by atoms with E-state index < -0.39 is 0 Å². The molecule has 1 unspecified atom stereocenters. The molecule has 1 aromatic rings. The highest BCUT2D eigenvalue weighted by atomic mass is 16.3. The lowest BCUT2D eigenvalue weighted by molar-refractivity contribution is 0.208. The minimum atomic E-state index is 0.184. The van der Waals surface area contributed by atoms with E-state index in [1.807, 2.05) is 12.3 Å². The van der Waals surface area contributed by atoms with E-state index in [1.54, 1.807) is 6.26 Å². The Labute approximate surface area is 105 Å². The van der Waals surface area contributed by atoms with Crippen molar-refractivity contribution in [2.24, 2.45) is 0 Å². The summed E-state index contributed by atoms with van der Waals surface area (Å²) in [5, 5.41) is 3.57. The molecule has 0 aliphatic rings. The van der Waals surface area contributed by atoms with Gasteiger partial charge in [-0.15, -0.1) is 0 Å². The Kier molecular flexibility index (Phi) is 5.22. The van der Waals surface area contributed by atoms with E-state index in [2.05, 4.69) is 45.0 Å². The van der Waals surface area contributed by atoms with Gasteiger partial charge in [-0.25, -0.2) is 0 Å². The van der Waals surface area contributed by atoms with E-state index in [-0.39, 0.29) is 5.54 Å². The van der Waals surface area contributed by atoms with Crippen LogP contribution in [0.3, 0.4) is 0 Å². The van der Waals surface area contributed by atoms with Crippen molar-refractivity contribution in [2.75, 3.05) is 13.6 Å². The van der Waals surface area contributed by atoms with E-state index in [9.17, 15) is 0 Å². The van der Waals surface area contributed by atoms with Gasteiger partial charge in [-0.3, -0.25) is 4.90 Å². The molecule has 0 spiro atoms. The Morgan fingerprint density at radius 3 is 2.59 bits per heavy atom. The third kappa shape index (κ3) is 5.37. The highest BCUT2D eigenvalue weighted by Gasteiger charge is 2.16. The Balaban J connectivity index is 2.43. The van der Waals surface area contributed by atoms with Crippen molar-refractivity contribution in [3.63, 3.8) is 0 Å². The molecule has 0 aliphatic heterocycles. The highest BCUT2D eigenvalue weighted by Crippen LogP contribution is 2.10. The monoisotopic (exact) mass is 238 g/mol. The molecule has 17 heavy (non-hydrogen) atoms. The van der Waals surface area contributed by atoms with Gasteiger partial charge in [0.2, 0.25) is 0 Å². The van der Waals surface area contributed by atoms with Gasteiger partial charge in [0.05, 0.1) is 12.5 Å². The van der Waals surface area contributed by atoms with Crippen LogP contribution in [0.4, 0.5) is 0 Å². The van der Waals surface area contributed by atoms with Crippen molar-refractivity contribution in [1.29, 1.82) is 0 Å². The SMILES string of the molecule is CCC(CNC(C)(C)C)N(C)Cc1ccoc1. The van der Waals surface area contributed by atoms with Crippen LogP contribution in [0.1, 0.15) is 39.7 Å². The van der Waals surface area contributed by atoms with Crippen molar-refractivity contribution < 1.29 is 4.42 Å². The molecule has 3 heteroatoms. The number of nitrogens with one attached hydrogen (secondary N) is 1. The summed E-state index contributed by atoms with van der Waals surface area (Å²) in [4.78, 5) is 2.38. The second kappa shape index (κ2) is 6.22. The van der Waals surface area contributed by atoms with Gasteiger partial charge in [-0.05, 0) is 40.3 Å². The average molecular weight is 238 g/mol. The van der Waals surface area contributed by atoms with Crippen molar-refractivity contribution in [2.45, 2.75) is 52.2 Å². The van der Waals surface area contributed by atoms with Crippen LogP contribution in [-0.2, 0) is 6.54 Å². The summed E-state index contributed by atoms with van der Waals surface area (Å²) in [5.74, 6) is 0. The molecule has 0 aromatic carbocycles. The summed E-state index contributed by atoms with van der Waals surface area (Å²) in [5.41, 5.74) is 1.42. The molecule has 0 radical (unpaired) electrons. The summed E-state index contributed by atoms with van der Waals surface area (Å²) in [7, 11) is 2.17. The van der Waals surface area contributed by atoms with E-state index >= 15 is 0 Å². The van der Waals surface area contributed by atoms with Crippen LogP contribution in [0.5, 0.6) is 0 Å². The first-order chi connectivity index (χ1) is 7.92. The topological polar surface area (TPSA) is 28.4 Å². The molecule has 3 nitrogen and oxygen atoms in total. The molecule has 1 atom stereocenters. The third-order valence-electron chi connectivity index (χ3n) is 2.97. The molecule has 0 aliphatic carbocycles. The summed E-state index contributed by atoms with van der Waals surface area (Å²) < 4.78 is 5.10. The molecular formula is C14H26N2O. The molecule has 1 rings (SSSR count). The van der Waals surface area contributed by atoms with Gasteiger partial charge in [0, 0.05) is 30.2 Å². The Hall–Kier alpha value is -0.800. The molecule has 98 valence electrons. The van der Waals surface area contributed by atoms with Crippen molar-refractivity contribution in [3.8, 4) is 0 Å². The fourth-order valence-electron chi connectivity index (χ4n) is 1.84. The predicted octanol–water partition coefficient (Wildman–Crippen LogP) is 2.88. The van der Waals surface area contributed by atoms with Crippen LogP contribution in [0.15, 0.2) is 23.0 Å². The molecule has 1 aromatic heterocycles. The molecule has 1 N–H and O–H groups in total.